The second kappa shape index (κ2) is 9.50. The van der Waals surface area contributed by atoms with Crippen LogP contribution in [0.3, 0.4) is 0 Å². The van der Waals surface area contributed by atoms with Crippen LogP contribution in [-0.2, 0) is 38.9 Å². The zero-order valence-corrected chi connectivity index (χ0v) is 16.7. The zero-order chi connectivity index (χ0) is 21.7. The molecular weight excluding hydrogens is 439 g/mol. The van der Waals surface area contributed by atoms with E-state index in [1.54, 1.807) is 0 Å². The lowest BCUT2D eigenvalue weighted by atomic mass is 10.2. The molecule has 0 aliphatic heterocycles. The molecule has 2 rings (SSSR count). The summed E-state index contributed by atoms with van der Waals surface area (Å²) in [7, 11) is -4.49. The second-order valence-corrected chi connectivity index (χ2v) is 7.94. The van der Waals surface area contributed by atoms with Gasteiger partial charge in [-0.2, -0.15) is 17.9 Å². The molecule has 1 aromatic carbocycles. The number of benzene rings is 1. The number of aromatic nitrogens is 4. The van der Waals surface area contributed by atoms with Gasteiger partial charge in [0.25, 0.3) is 0 Å². The first kappa shape index (κ1) is 23.0. The van der Waals surface area contributed by atoms with E-state index in [0.717, 1.165) is 18.9 Å². The van der Waals surface area contributed by atoms with E-state index < -0.39 is 44.2 Å². The van der Waals surface area contributed by atoms with Gasteiger partial charge in [0, 0.05) is 6.54 Å². The maximum absolute atomic E-state index is 12.8. The van der Waals surface area contributed by atoms with Crippen molar-refractivity contribution >= 4 is 27.6 Å². The predicted molar refractivity (Wildman–Crippen MR) is 94.2 cm³/mol. The summed E-state index contributed by atoms with van der Waals surface area (Å²) in [4.78, 5) is 11.0. The number of unbranched alkanes of at least 4 members (excludes halogenated alkanes) is 1. The molecule has 0 aliphatic rings. The summed E-state index contributed by atoms with van der Waals surface area (Å²) in [6.07, 6.45) is -3.04. The number of sulfonamides is 1. The molecule has 0 spiro atoms. The lowest BCUT2D eigenvalue weighted by Gasteiger charge is -2.12. The molecule has 9 nitrogen and oxygen atoms in total. The Morgan fingerprint density at radius 2 is 2.07 bits per heavy atom. The van der Waals surface area contributed by atoms with Crippen molar-refractivity contribution < 1.29 is 31.1 Å². The van der Waals surface area contributed by atoms with Crippen molar-refractivity contribution in [3.8, 4) is 0 Å². The lowest BCUT2D eigenvalue weighted by Crippen LogP contribution is -2.31. The first-order valence-corrected chi connectivity index (χ1v) is 10.2. The Morgan fingerprint density at radius 3 is 2.72 bits per heavy atom. The number of ether oxygens (including phenoxy) is 1. The number of hydrogen-bond acceptors (Lipinski definition) is 7. The van der Waals surface area contributed by atoms with Crippen LogP contribution >= 0.6 is 11.6 Å². The predicted octanol–water partition coefficient (Wildman–Crippen LogP) is 2.17. The SMILES string of the molecule is CCCCn1nnnc1COC(=O)CNS(=O)(=O)c1cc(C(F)(F)F)ccc1Cl. The third kappa shape index (κ3) is 6.37. The molecular formula is C15H17ClF3N5O4S. The van der Waals surface area contributed by atoms with E-state index in [4.69, 9.17) is 16.3 Å². The highest BCUT2D eigenvalue weighted by Gasteiger charge is 2.32. The minimum atomic E-state index is -4.75. The molecule has 0 bridgehead atoms. The maximum Gasteiger partial charge on any atom is 0.416 e. The Hall–Kier alpha value is -2.25. The van der Waals surface area contributed by atoms with Crippen molar-refractivity contribution in [1.29, 1.82) is 0 Å². The van der Waals surface area contributed by atoms with Crippen molar-refractivity contribution in [3.63, 3.8) is 0 Å². The van der Waals surface area contributed by atoms with E-state index >= 15 is 0 Å². The minimum absolute atomic E-state index is 0.274. The van der Waals surface area contributed by atoms with E-state index in [9.17, 15) is 26.4 Å². The highest BCUT2D eigenvalue weighted by atomic mass is 35.5. The number of carbonyl (C=O) groups excluding carboxylic acids is 1. The summed E-state index contributed by atoms with van der Waals surface area (Å²) in [6, 6.07) is 1.85. The summed E-state index contributed by atoms with van der Waals surface area (Å²) in [6.45, 7) is 1.40. The van der Waals surface area contributed by atoms with Crippen LogP contribution in [0.25, 0.3) is 0 Å². The second-order valence-electron chi connectivity index (χ2n) is 5.80. The molecule has 0 saturated carbocycles. The number of rotatable bonds is 9. The molecule has 14 heteroatoms. The lowest BCUT2D eigenvalue weighted by molar-refractivity contribution is -0.143. The first-order valence-electron chi connectivity index (χ1n) is 8.31. The molecule has 0 unspecified atom stereocenters. The van der Waals surface area contributed by atoms with Crippen molar-refractivity contribution in [2.45, 2.75) is 44.0 Å². The van der Waals surface area contributed by atoms with E-state index in [2.05, 4.69) is 15.5 Å². The van der Waals surface area contributed by atoms with Gasteiger partial charge in [-0.25, -0.2) is 13.1 Å². The van der Waals surface area contributed by atoms with Crippen LogP contribution in [0.5, 0.6) is 0 Å². The topological polar surface area (TPSA) is 116 Å². The van der Waals surface area contributed by atoms with Crippen LogP contribution < -0.4 is 4.72 Å². The molecule has 0 saturated heterocycles. The smallest absolute Gasteiger partial charge is 0.416 e. The Morgan fingerprint density at radius 1 is 1.34 bits per heavy atom. The normalized spacial score (nSPS) is 12.2. The molecule has 1 N–H and O–H groups in total. The third-order valence-corrected chi connectivity index (χ3v) is 5.53. The largest absolute Gasteiger partial charge is 0.456 e. The van der Waals surface area contributed by atoms with Gasteiger partial charge in [0.15, 0.2) is 12.4 Å². The standard InChI is InChI=1S/C15H17ClF3N5O4S/c1-2-3-6-24-13(21-22-23-24)9-28-14(25)8-20-29(26,27)12-7-10(15(17,18)19)4-5-11(12)16/h4-5,7,20H,2-3,6,8-9H2,1H3. The summed E-state index contributed by atoms with van der Waals surface area (Å²) < 4.78 is 71.1. The fraction of sp³-hybridized carbons (Fsp3) is 0.467. The van der Waals surface area contributed by atoms with E-state index in [1.165, 1.54) is 4.68 Å². The van der Waals surface area contributed by atoms with Gasteiger partial charge in [-0.3, -0.25) is 4.79 Å². The van der Waals surface area contributed by atoms with Crippen LogP contribution in [0.1, 0.15) is 31.2 Å². The number of carbonyl (C=O) groups is 1. The number of tetrazole rings is 1. The first-order chi connectivity index (χ1) is 13.5. The number of alkyl halides is 3. The Balaban J connectivity index is 1.98. The van der Waals surface area contributed by atoms with Crippen LogP contribution in [0.2, 0.25) is 5.02 Å². The van der Waals surface area contributed by atoms with Gasteiger partial charge in [0.2, 0.25) is 10.0 Å². The van der Waals surface area contributed by atoms with Gasteiger partial charge in [0.05, 0.1) is 10.6 Å². The monoisotopic (exact) mass is 455 g/mol. The molecule has 0 aliphatic carbocycles. The zero-order valence-electron chi connectivity index (χ0n) is 15.1. The number of aryl methyl sites for hydroxylation is 1. The maximum atomic E-state index is 12.8. The van der Waals surface area contributed by atoms with Gasteiger partial charge in [-0.1, -0.05) is 24.9 Å². The Labute approximate surface area is 169 Å². The molecule has 29 heavy (non-hydrogen) atoms. The van der Waals surface area contributed by atoms with Gasteiger partial charge in [0.1, 0.15) is 11.4 Å². The van der Waals surface area contributed by atoms with E-state index in [0.29, 0.717) is 18.7 Å². The van der Waals surface area contributed by atoms with E-state index in [-0.39, 0.29) is 12.4 Å². The van der Waals surface area contributed by atoms with Gasteiger partial charge >= 0.3 is 12.1 Å². The molecule has 0 fully saturated rings. The summed E-state index contributed by atoms with van der Waals surface area (Å²) in [5, 5.41) is 10.5. The molecule has 0 radical (unpaired) electrons. The van der Waals surface area contributed by atoms with Gasteiger partial charge < -0.3 is 4.74 Å². The van der Waals surface area contributed by atoms with Crippen molar-refractivity contribution in [3.05, 3.63) is 34.6 Å². The molecule has 2 aromatic rings. The fourth-order valence-electron chi connectivity index (χ4n) is 2.12. The highest BCUT2D eigenvalue weighted by Crippen LogP contribution is 2.33. The summed E-state index contributed by atoms with van der Waals surface area (Å²) in [5.74, 6) is -0.697. The number of halogens is 4. The average Bonchev–Trinajstić information content (AvgIpc) is 3.09. The average molecular weight is 456 g/mol. The van der Waals surface area contributed by atoms with Gasteiger partial charge in [-0.05, 0) is 35.0 Å². The summed E-state index contributed by atoms with van der Waals surface area (Å²) in [5.41, 5.74) is -1.19. The molecule has 1 heterocycles. The highest BCUT2D eigenvalue weighted by molar-refractivity contribution is 7.89. The minimum Gasteiger partial charge on any atom is -0.456 e. The molecule has 160 valence electrons. The molecule has 1 aromatic heterocycles. The molecule has 0 atom stereocenters. The van der Waals surface area contributed by atoms with E-state index in [1.807, 2.05) is 11.6 Å². The van der Waals surface area contributed by atoms with Crippen molar-refractivity contribution in [2.75, 3.05) is 6.54 Å². The number of esters is 1. The van der Waals surface area contributed by atoms with Crippen molar-refractivity contribution in [2.24, 2.45) is 0 Å². The van der Waals surface area contributed by atoms with Crippen LogP contribution in [0, 0.1) is 0 Å². The Kier molecular flexibility index (Phi) is 7.54. The number of hydrogen-bond donors (Lipinski definition) is 1. The number of nitrogens with zero attached hydrogens (tertiary/aromatic N) is 4. The number of nitrogens with one attached hydrogen (secondary N) is 1. The molecule has 0 amide bonds. The third-order valence-electron chi connectivity index (χ3n) is 3.65. The van der Waals surface area contributed by atoms with Crippen LogP contribution in [-0.4, -0.2) is 41.1 Å². The fourth-order valence-corrected chi connectivity index (χ4v) is 3.61. The van der Waals surface area contributed by atoms with Crippen molar-refractivity contribution in [1.82, 2.24) is 24.9 Å². The van der Waals surface area contributed by atoms with Crippen LogP contribution in [0.15, 0.2) is 23.1 Å². The summed E-state index contributed by atoms with van der Waals surface area (Å²) >= 11 is 5.71. The van der Waals surface area contributed by atoms with Gasteiger partial charge in [-0.15, -0.1) is 5.10 Å². The quantitative estimate of drug-likeness (QED) is 0.576. The Bertz CT molecular complexity index is 965. The van der Waals surface area contributed by atoms with Crippen LogP contribution in [0.4, 0.5) is 13.2 Å².